The highest BCUT2D eigenvalue weighted by molar-refractivity contribution is 7.80. The van der Waals surface area contributed by atoms with Gasteiger partial charge in [-0.05, 0) is 54.7 Å². The second kappa shape index (κ2) is 5.88. The fourth-order valence-corrected chi connectivity index (χ4v) is 7.11. The van der Waals surface area contributed by atoms with Gasteiger partial charge in [0.1, 0.15) is 0 Å². The molecule has 0 radical (unpaired) electrons. The Kier molecular flexibility index (Phi) is 4.11. The number of hydrogen-bond acceptors (Lipinski definition) is 4. The molecule has 0 aromatic carbocycles. The summed E-state index contributed by atoms with van der Waals surface area (Å²) in [6.07, 6.45) is 2.99. The van der Waals surface area contributed by atoms with Crippen molar-refractivity contribution in [3.63, 3.8) is 0 Å². The van der Waals surface area contributed by atoms with E-state index in [1.165, 1.54) is 13.0 Å². The molecule has 4 aliphatic carbocycles. The minimum absolute atomic E-state index is 0.0386. The number of fused-ring (bicyclic) bond motifs is 5. The molecule has 0 heterocycles. The van der Waals surface area contributed by atoms with Crippen LogP contribution in [0.3, 0.4) is 0 Å². The Balaban J connectivity index is 1.92. The highest BCUT2D eigenvalue weighted by Gasteiger charge is 2.66. The van der Waals surface area contributed by atoms with Gasteiger partial charge in [-0.2, -0.15) is 0 Å². The van der Waals surface area contributed by atoms with Crippen LogP contribution in [0.15, 0.2) is 35.5 Å². The maximum absolute atomic E-state index is 14.7. The third-order valence-corrected chi connectivity index (χ3v) is 8.51. The molecule has 3 saturated carbocycles. The van der Waals surface area contributed by atoms with Crippen molar-refractivity contribution in [2.24, 2.45) is 34.5 Å². The number of ketones is 3. The van der Waals surface area contributed by atoms with Crippen molar-refractivity contribution in [1.82, 2.24) is 0 Å². The van der Waals surface area contributed by atoms with Gasteiger partial charge in [-0.3, -0.25) is 14.4 Å². The zero-order valence-electron chi connectivity index (χ0n) is 16.7. The van der Waals surface area contributed by atoms with Gasteiger partial charge in [0.15, 0.2) is 23.5 Å². The molecule has 0 amide bonds. The summed E-state index contributed by atoms with van der Waals surface area (Å²) in [7, 11) is 0. The van der Waals surface area contributed by atoms with Crippen LogP contribution in [0.1, 0.15) is 40.5 Å². The summed E-state index contributed by atoms with van der Waals surface area (Å²) in [5.74, 6) is -1.30. The minimum atomic E-state index is -1.68. The predicted octanol–water partition coefficient (Wildman–Crippen LogP) is 4.16. The largest absolute Gasteiger partial charge is 0.295 e. The van der Waals surface area contributed by atoms with Crippen LogP contribution in [0.4, 0.5) is 4.39 Å². The lowest BCUT2D eigenvalue weighted by Crippen LogP contribution is -2.54. The lowest BCUT2D eigenvalue weighted by molar-refractivity contribution is -0.134. The van der Waals surface area contributed by atoms with E-state index in [9.17, 15) is 18.8 Å². The quantitative estimate of drug-likeness (QED) is 0.490. The second-order valence-corrected chi connectivity index (χ2v) is 9.82. The second-order valence-electron chi connectivity index (χ2n) is 9.35. The SMILES string of the molecule is C=C1C2=C(C(C)=O)C(=O)C=C[C@]2(C)[C@H]2CC[C@]3(C)C(=O)[C@@H](F)C(=S)[C@H]3[C@@H]2[C@@H]1C. The first-order valence-electron chi connectivity index (χ1n) is 9.87. The highest BCUT2D eigenvalue weighted by Crippen LogP contribution is 2.66. The Morgan fingerprint density at radius 3 is 2.57 bits per heavy atom. The lowest BCUT2D eigenvalue weighted by atomic mass is 9.44. The molecule has 0 aromatic heterocycles. The molecule has 0 bridgehead atoms. The first-order valence-corrected chi connectivity index (χ1v) is 10.3. The molecule has 5 heteroatoms. The van der Waals surface area contributed by atoms with Crippen LogP contribution in [0.5, 0.6) is 0 Å². The molecule has 3 nitrogen and oxygen atoms in total. The lowest BCUT2D eigenvalue weighted by Gasteiger charge is -2.58. The number of thiocarbonyl (C=S) groups is 1. The summed E-state index contributed by atoms with van der Waals surface area (Å²) in [4.78, 5) is 37.7. The Bertz CT molecular complexity index is 928. The van der Waals surface area contributed by atoms with Gasteiger partial charge in [0.05, 0.1) is 5.57 Å². The molecule has 148 valence electrons. The maximum Gasteiger partial charge on any atom is 0.190 e. The van der Waals surface area contributed by atoms with E-state index in [1.807, 2.05) is 26.8 Å². The van der Waals surface area contributed by atoms with E-state index in [2.05, 4.69) is 6.58 Å². The number of allylic oxidation sites excluding steroid dienone is 5. The van der Waals surface area contributed by atoms with Gasteiger partial charge in [-0.15, -0.1) is 0 Å². The fraction of sp³-hybridized carbons (Fsp3) is 0.565. The van der Waals surface area contributed by atoms with E-state index in [4.69, 9.17) is 12.2 Å². The van der Waals surface area contributed by atoms with Crippen molar-refractivity contribution in [1.29, 1.82) is 0 Å². The van der Waals surface area contributed by atoms with Crippen molar-refractivity contribution < 1.29 is 18.8 Å². The van der Waals surface area contributed by atoms with Crippen molar-refractivity contribution in [3.05, 3.63) is 35.5 Å². The van der Waals surface area contributed by atoms with E-state index in [0.29, 0.717) is 6.42 Å². The standard InChI is InChI=1S/C23H25FO3S/c1-10-11(2)17-16(12(3)25)14(26)7-9-22(17,4)13-6-8-23(5)18(15(10)13)20(28)19(24)21(23)27/h7,9-10,13,15,18-19H,2,6,8H2,1,3-5H3/t10-,13+,15-,18-,19+,22-,23+/m1/s1. The van der Waals surface area contributed by atoms with Crippen molar-refractivity contribution >= 4 is 34.4 Å². The van der Waals surface area contributed by atoms with Crippen LogP contribution in [0.25, 0.3) is 0 Å². The molecular formula is C23H25FO3S. The number of alkyl halides is 1. The molecular weight excluding hydrogens is 375 g/mol. The average molecular weight is 401 g/mol. The molecule has 7 atom stereocenters. The van der Waals surface area contributed by atoms with Gasteiger partial charge in [-0.1, -0.05) is 45.6 Å². The van der Waals surface area contributed by atoms with E-state index < -0.39 is 17.0 Å². The van der Waals surface area contributed by atoms with Crippen LogP contribution in [0, 0.1) is 34.5 Å². The molecule has 0 spiro atoms. The van der Waals surface area contributed by atoms with E-state index >= 15 is 0 Å². The number of carbonyl (C=O) groups excluding carboxylic acids is 3. The molecule has 28 heavy (non-hydrogen) atoms. The zero-order chi connectivity index (χ0) is 20.8. The third kappa shape index (κ3) is 2.14. The summed E-state index contributed by atoms with van der Waals surface area (Å²) < 4.78 is 14.7. The van der Waals surface area contributed by atoms with Crippen LogP contribution in [0.2, 0.25) is 0 Å². The van der Waals surface area contributed by atoms with E-state index in [-0.39, 0.29) is 51.5 Å². The monoisotopic (exact) mass is 400 g/mol. The molecule has 4 rings (SSSR count). The molecule has 3 fully saturated rings. The normalized spacial score (nSPS) is 45.1. The maximum atomic E-state index is 14.7. The van der Waals surface area contributed by atoms with Crippen molar-refractivity contribution in [2.45, 2.75) is 46.7 Å². The van der Waals surface area contributed by atoms with E-state index in [1.54, 1.807) is 0 Å². The summed E-state index contributed by atoms with van der Waals surface area (Å²) in [5.41, 5.74) is 0.381. The number of rotatable bonds is 1. The molecule has 4 aliphatic rings. The number of carbonyl (C=O) groups is 3. The Morgan fingerprint density at radius 2 is 1.96 bits per heavy atom. The van der Waals surface area contributed by atoms with Crippen molar-refractivity contribution in [2.75, 3.05) is 0 Å². The highest BCUT2D eigenvalue weighted by atomic mass is 32.1. The summed E-state index contributed by atoms with van der Waals surface area (Å²) in [5, 5.41) is 0. The number of halogens is 1. The van der Waals surface area contributed by atoms with Gasteiger partial charge in [0.2, 0.25) is 0 Å². The first kappa shape index (κ1) is 19.6. The number of hydrogen-bond donors (Lipinski definition) is 0. The van der Waals surface area contributed by atoms with Gasteiger partial charge in [0.25, 0.3) is 0 Å². The Labute approximate surface area is 170 Å². The summed E-state index contributed by atoms with van der Waals surface area (Å²) in [6, 6.07) is 0. The van der Waals surface area contributed by atoms with E-state index in [0.717, 1.165) is 17.6 Å². The smallest absolute Gasteiger partial charge is 0.190 e. The van der Waals surface area contributed by atoms with Crippen LogP contribution in [-0.2, 0) is 14.4 Å². The van der Waals surface area contributed by atoms with Crippen molar-refractivity contribution in [3.8, 4) is 0 Å². The summed E-state index contributed by atoms with van der Waals surface area (Å²) in [6.45, 7) is 11.6. The topological polar surface area (TPSA) is 51.2 Å². The molecule has 0 unspecified atom stereocenters. The van der Waals surface area contributed by atoms with Crippen LogP contribution >= 0.6 is 12.2 Å². The minimum Gasteiger partial charge on any atom is -0.295 e. The predicted molar refractivity (Wildman–Crippen MR) is 109 cm³/mol. The van der Waals surface area contributed by atoms with Gasteiger partial charge in [-0.25, -0.2) is 4.39 Å². The molecule has 0 N–H and O–H groups in total. The summed E-state index contributed by atoms with van der Waals surface area (Å²) >= 11 is 5.45. The van der Waals surface area contributed by atoms with Crippen LogP contribution < -0.4 is 0 Å². The van der Waals surface area contributed by atoms with Crippen LogP contribution in [-0.4, -0.2) is 28.4 Å². The first-order chi connectivity index (χ1) is 13.0. The van der Waals surface area contributed by atoms with Gasteiger partial charge in [0, 0.05) is 21.6 Å². The third-order valence-electron chi connectivity index (χ3n) is 8.05. The Hall–Kier alpha value is -1.75. The molecule has 0 saturated heterocycles. The fourth-order valence-electron chi connectivity index (χ4n) is 6.59. The Morgan fingerprint density at radius 1 is 1.32 bits per heavy atom. The van der Waals surface area contributed by atoms with Gasteiger partial charge < -0.3 is 0 Å². The number of Topliss-reactive ketones (excluding diaryl/α,β-unsaturated/α-hetero) is 2. The molecule has 0 aliphatic heterocycles. The van der Waals surface area contributed by atoms with Gasteiger partial charge >= 0.3 is 0 Å². The zero-order valence-corrected chi connectivity index (χ0v) is 17.5. The molecule has 0 aromatic rings. The average Bonchev–Trinajstić information content (AvgIpc) is 2.81.